The molecule has 0 bridgehead atoms. The predicted molar refractivity (Wildman–Crippen MR) is 92.6 cm³/mol. The quantitative estimate of drug-likeness (QED) is 0.891. The third-order valence-corrected chi connectivity index (χ3v) is 5.09. The van der Waals surface area contributed by atoms with Crippen LogP contribution in [0.3, 0.4) is 0 Å². The number of anilines is 1. The van der Waals surface area contributed by atoms with E-state index in [0.717, 1.165) is 11.3 Å². The number of nitrogens with one attached hydrogen (secondary N) is 2. The van der Waals surface area contributed by atoms with Crippen molar-refractivity contribution in [3.8, 4) is 0 Å². The highest BCUT2D eigenvalue weighted by Crippen LogP contribution is 2.22. The SMILES string of the molecule is Cc1ccccc1NC(=O)CCN=C1NS(=O)(=O)c2ccccc21. The van der Waals surface area contributed by atoms with Crippen molar-refractivity contribution in [1.82, 2.24) is 4.72 Å². The van der Waals surface area contributed by atoms with Gasteiger partial charge in [0.05, 0.1) is 11.4 Å². The molecular weight excluding hydrogens is 326 g/mol. The van der Waals surface area contributed by atoms with Gasteiger partial charge in [0, 0.05) is 17.7 Å². The normalized spacial score (nSPS) is 16.5. The van der Waals surface area contributed by atoms with Crippen LogP contribution in [0.15, 0.2) is 58.4 Å². The van der Waals surface area contributed by atoms with E-state index in [4.69, 9.17) is 0 Å². The third-order valence-electron chi connectivity index (χ3n) is 3.69. The van der Waals surface area contributed by atoms with Gasteiger partial charge in [-0.2, -0.15) is 0 Å². The van der Waals surface area contributed by atoms with Gasteiger partial charge in [-0.05, 0) is 30.7 Å². The zero-order valence-corrected chi connectivity index (χ0v) is 13.9. The maximum absolute atomic E-state index is 12.0. The highest BCUT2D eigenvalue weighted by molar-refractivity contribution is 7.90. The Balaban J connectivity index is 1.65. The number of amides is 1. The first-order chi connectivity index (χ1) is 11.5. The largest absolute Gasteiger partial charge is 0.326 e. The van der Waals surface area contributed by atoms with Crippen LogP contribution in [0, 0.1) is 6.92 Å². The minimum atomic E-state index is -3.54. The first-order valence-corrected chi connectivity index (χ1v) is 8.98. The lowest BCUT2D eigenvalue weighted by Gasteiger charge is -2.07. The summed E-state index contributed by atoms with van der Waals surface area (Å²) in [6, 6.07) is 14.1. The Morgan fingerprint density at radius 1 is 1.12 bits per heavy atom. The molecule has 6 nitrogen and oxygen atoms in total. The summed E-state index contributed by atoms with van der Waals surface area (Å²) >= 11 is 0. The van der Waals surface area contributed by atoms with Gasteiger partial charge in [0.25, 0.3) is 10.0 Å². The molecule has 3 rings (SSSR count). The molecular formula is C17H17N3O3S. The van der Waals surface area contributed by atoms with E-state index in [1.807, 2.05) is 31.2 Å². The lowest BCUT2D eigenvalue weighted by Crippen LogP contribution is -2.23. The van der Waals surface area contributed by atoms with Gasteiger partial charge in [0.15, 0.2) is 0 Å². The number of para-hydroxylation sites is 1. The van der Waals surface area contributed by atoms with Crippen molar-refractivity contribution < 1.29 is 13.2 Å². The average Bonchev–Trinajstić information content (AvgIpc) is 2.81. The molecule has 0 saturated heterocycles. The van der Waals surface area contributed by atoms with Gasteiger partial charge in [-0.25, -0.2) is 8.42 Å². The molecule has 0 unspecified atom stereocenters. The second-order valence-corrected chi connectivity index (χ2v) is 7.10. The van der Waals surface area contributed by atoms with E-state index in [0.29, 0.717) is 5.56 Å². The molecule has 0 spiro atoms. The molecule has 24 heavy (non-hydrogen) atoms. The van der Waals surface area contributed by atoms with E-state index in [-0.39, 0.29) is 29.6 Å². The first-order valence-electron chi connectivity index (χ1n) is 7.49. The molecule has 0 saturated carbocycles. The fourth-order valence-electron chi connectivity index (χ4n) is 2.45. The molecule has 1 amide bonds. The summed E-state index contributed by atoms with van der Waals surface area (Å²) in [7, 11) is -3.54. The number of fused-ring (bicyclic) bond motifs is 1. The summed E-state index contributed by atoms with van der Waals surface area (Å²) in [6.07, 6.45) is 0.168. The lowest BCUT2D eigenvalue weighted by atomic mass is 10.2. The molecule has 1 aliphatic heterocycles. The highest BCUT2D eigenvalue weighted by Gasteiger charge is 2.29. The number of hydrogen-bond donors (Lipinski definition) is 2. The minimum absolute atomic E-state index is 0.164. The molecule has 7 heteroatoms. The summed E-state index contributed by atoms with van der Waals surface area (Å²) in [4.78, 5) is 16.4. The van der Waals surface area contributed by atoms with Crippen LogP contribution in [0.1, 0.15) is 17.5 Å². The number of sulfonamides is 1. The standard InChI is InChI=1S/C17H17N3O3S/c1-12-6-2-4-8-14(12)19-16(21)10-11-18-17-13-7-3-5-9-15(13)24(22,23)20-17/h2-9H,10-11H2,1H3,(H,18,20)(H,19,21). The molecule has 0 radical (unpaired) electrons. The van der Waals surface area contributed by atoms with E-state index >= 15 is 0 Å². The van der Waals surface area contributed by atoms with Crippen LogP contribution in [0.25, 0.3) is 0 Å². The maximum Gasteiger partial charge on any atom is 0.263 e. The molecule has 0 fully saturated rings. The lowest BCUT2D eigenvalue weighted by molar-refractivity contribution is -0.116. The van der Waals surface area contributed by atoms with Crippen molar-refractivity contribution in [2.24, 2.45) is 4.99 Å². The van der Waals surface area contributed by atoms with Crippen LogP contribution < -0.4 is 10.0 Å². The second-order valence-electron chi connectivity index (χ2n) is 5.45. The van der Waals surface area contributed by atoms with Crippen molar-refractivity contribution in [3.05, 3.63) is 59.7 Å². The van der Waals surface area contributed by atoms with E-state index in [1.54, 1.807) is 18.2 Å². The summed E-state index contributed by atoms with van der Waals surface area (Å²) < 4.78 is 26.4. The Labute approximate surface area is 140 Å². The zero-order chi connectivity index (χ0) is 17.2. The smallest absolute Gasteiger partial charge is 0.263 e. The monoisotopic (exact) mass is 343 g/mol. The van der Waals surface area contributed by atoms with Crippen LogP contribution >= 0.6 is 0 Å². The Morgan fingerprint density at radius 3 is 2.62 bits per heavy atom. The number of aliphatic imine (C=N–C) groups is 1. The summed E-state index contributed by atoms with van der Waals surface area (Å²) in [5, 5.41) is 2.82. The summed E-state index contributed by atoms with van der Waals surface area (Å²) in [6.45, 7) is 2.12. The van der Waals surface area contributed by atoms with Crippen molar-refractivity contribution in [3.63, 3.8) is 0 Å². The summed E-state index contributed by atoms with van der Waals surface area (Å²) in [5.41, 5.74) is 2.29. The van der Waals surface area contributed by atoms with Crippen LogP contribution in [0.2, 0.25) is 0 Å². The molecule has 0 atom stereocenters. The number of nitrogens with zero attached hydrogens (tertiary/aromatic N) is 1. The topological polar surface area (TPSA) is 87.6 Å². The Kier molecular flexibility index (Phi) is 4.35. The Bertz CT molecular complexity index is 920. The molecule has 0 aromatic heterocycles. The number of carbonyl (C=O) groups is 1. The zero-order valence-electron chi connectivity index (χ0n) is 13.1. The van der Waals surface area contributed by atoms with Gasteiger partial charge in [-0.3, -0.25) is 14.5 Å². The molecule has 1 aliphatic rings. The van der Waals surface area contributed by atoms with E-state index in [1.165, 1.54) is 6.07 Å². The van der Waals surface area contributed by atoms with E-state index in [2.05, 4.69) is 15.0 Å². The van der Waals surface area contributed by atoms with Crippen LogP contribution in [-0.2, 0) is 14.8 Å². The van der Waals surface area contributed by atoms with Crippen molar-refractivity contribution in [2.75, 3.05) is 11.9 Å². The molecule has 1 heterocycles. The van der Waals surface area contributed by atoms with Gasteiger partial charge in [0.2, 0.25) is 5.91 Å². The fourth-order valence-corrected chi connectivity index (χ4v) is 3.70. The molecule has 2 N–H and O–H groups in total. The minimum Gasteiger partial charge on any atom is -0.326 e. The van der Waals surface area contributed by atoms with E-state index in [9.17, 15) is 13.2 Å². The van der Waals surface area contributed by atoms with Crippen LogP contribution in [-0.4, -0.2) is 26.7 Å². The maximum atomic E-state index is 12.0. The number of hydrogen-bond acceptors (Lipinski definition) is 4. The van der Waals surface area contributed by atoms with Gasteiger partial charge >= 0.3 is 0 Å². The number of benzene rings is 2. The molecule has 124 valence electrons. The fraction of sp³-hybridized carbons (Fsp3) is 0.176. The first kappa shape index (κ1) is 16.2. The highest BCUT2D eigenvalue weighted by atomic mass is 32.2. The number of aryl methyl sites for hydroxylation is 1. The molecule has 2 aromatic carbocycles. The van der Waals surface area contributed by atoms with Gasteiger partial charge in [-0.15, -0.1) is 0 Å². The van der Waals surface area contributed by atoms with Crippen molar-refractivity contribution >= 4 is 27.5 Å². The number of carbonyl (C=O) groups excluding carboxylic acids is 1. The Hall–Kier alpha value is -2.67. The predicted octanol–water partition coefficient (Wildman–Crippen LogP) is 2.06. The summed E-state index contributed by atoms with van der Waals surface area (Å²) in [5.74, 6) is 0.122. The van der Waals surface area contributed by atoms with Crippen molar-refractivity contribution in [1.29, 1.82) is 0 Å². The second kappa shape index (κ2) is 6.45. The number of amidine groups is 1. The van der Waals surface area contributed by atoms with Crippen LogP contribution in [0.4, 0.5) is 5.69 Å². The Morgan fingerprint density at radius 2 is 1.83 bits per heavy atom. The van der Waals surface area contributed by atoms with Gasteiger partial charge in [0.1, 0.15) is 5.84 Å². The molecule has 2 aromatic rings. The number of rotatable bonds is 4. The molecule has 0 aliphatic carbocycles. The van der Waals surface area contributed by atoms with Gasteiger partial charge in [-0.1, -0.05) is 30.3 Å². The third kappa shape index (κ3) is 3.30. The average molecular weight is 343 g/mol. The van der Waals surface area contributed by atoms with E-state index < -0.39 is 10.0 Å². The van der Waals surface area contributed by atoms with Gasteiger partial charge < -0.3 is 5.32 Å². The van der Waals surface area contributed by atoms with Crippen LogP contribution in [0.5, 0.6) is 0 Å². The van der Waals surface area contributed by atoms with Crippen molar-refractivity contribution in [2.45, 2.75) is 18.2 Å².